The first-order valence-corrected chi connectivity index (χ1v) is 8.00. The van der Waals surface area contributed by atoms with Gasteiger partial charge >= 0.3 is 0 Å². The summed E-state index contributed by atoms with van der Waals surface area (Å²) in [7, 11) is 5.55. The molecule has 1 heterocycles. The number of hydrogen-bond donors (Lipinski definition) is 0. The molecule has 3 nitrogen and oxygen atoms in total. The molecule has 122 valence electrons. The molecule has 0 aliphatic carbocycles. The van der Waals surface area contributed by atoms with Crippen LogP contribution in [0.5, 0.6) is 5.75 Å². The van der Waals surface area contributed by atoms with Gasteiger partial charge in [0.15, 0.2) is 11.6 Å². The molecule has 0 atom stereocenters. The average molecular weight is 314 g/mol. The minimum Gasteiger partial charge on any atom is -0.494 e. The van der Waals surface area contributed by atoms with Crippen LogP contribution >= 0.6 is 0 Å². The van der Waals surface area contributed by atoms with Crippen LogP contribution in [0.2, 0.25) is 0 Å². The van der Waals surface area contributed by atoms with E-state index in [0.29, 0.717) is 5.75 Å². The van der Waals surface area contributed by atoms with E-state index in [1.807, 2.05) is 20.2 Å². The van der Waals surface area contributed by atoms with Crippen LogP contribution in [-0.2, 0) is 0 Å². The molecule has 0 spiro atoms. The van der Waals surface area contributed by atoms with Crippen LogP contribution in [0.25, 0.3) is 11.1 Å². The average Bonchev–Trinajstić information content (AvgIpc) is 3.09. The highest BCUT2D eigenvalue weighted by molar-refractivity contribution is 5.81. The largest absolute Gasteiger partial charge is 0.494 e. The molecular formula is C19H23FN2O. The highest BCUT2D eigenvalue weighted by Gasteiger charge is 2.20. The molecule has 0 N–H and O–H groups in total. The van der Waals surface area contributed by atoms with Crippen molar-refractivity contribution < 1.29 is 9.13 Å². The normalized spacial score (nSPS) is 14.2. The fourth-order valence-corrected chi connectivity index (χ4v) is 3.09. The molecule has 23 heavy (non-hydrogen) atoms. The van der Waals surface area contributed by atoms with Gasteiger partial charge in [-0.15, -0.1) is 0 Å². The molecule has 0 saturated carbocycles. The Kier molecular flexibility index (Phi) is 4.42. The van der Waals surface area contributed by atoms with Crippen LogP contribution in [0.3, 0.4) is 0 Å². The summed E-state index contributed by atoms with van der Waals surface area (Å²) in [5.41, 5.74) is 4.20. The fourth-order valence-electron chi connectivity index (χ4n) is 3.09. The standard InChI is InChI=1S/C19H23FN2O/c1-21(2)15-8-6-14(7-9-15)16-12-19(23-3)17(20)13-18(16)22-10-4-5-11-22/h6-9,12-13H,4-5,10-11H2,1-3H3. The lowest BCUT2D eigenvalue weighted by atomic mass is 10.0. The maximum atomic E-state index is 14.2. The molecule has 2 aromatic carbocycles. The lowest BCUT2D eigenvalue weighted by molar-refractivity contribution is 0.387. The second kappa shape index (κ2) is 6.49. The highest BCUT2D eigenvalue weighted by Crippen LogP contribution is 2.38. The minimum atomic E-state index is -0.303. The molecule has 0 amide bonds. The van der Waals surface area contributed by atoms with Gasteiger partial charge in [0.25, 0.3) is 0 Å². The second-order valence-electron chi connectivity index (χ2n) is 6.14. The van der Waals surface area contributed by atoms with E-state index in [-0.39, 0.29) is 5.82 Å². The number of nitrogens with zero attached hydrogens (tertiary/aromatic N) is 2. The van der Waals surface area contributed by atoms with Crippen molar-refractivity contribution in [3.63, 3.8) is 0 Å². The Morgan fingerprint density at radius 2 is 1.70 bits per heavy atom. The quantitative estimate of drug-likeness (QED) is 0.842. The minimum absolute atomic E-state index is 0.291. The Bertz CT molecular complexity index is 677. The van der Waals surface area contributed by atoms with Crippen molar-refractivity contribution >= 4 is 11.4 Å². The Balaban J connectivity index is 2.07. The lowest BCUT2D eigenvalue weighted by Gasteiger charge is -2.23. The molecule has 0 aromatic heterocycles. The smallest absolute Gasteiger partial charge is 0.167 e. The highest BCUT2D eigenvalue weighted by atomic mass is 19.1. The molecular weight excluding hydrogens is 291 g/mol. The van der Waals surface area contributed by atoms with Crippen LogP contribution in [0, 0.1) is 5.82 Å². The summed E-state index contributed by atoms with van der Waals surface area (Å²) in [6.45, 7) is 1.96. The molecule has 4 heteroatoms. The first-order valence-electron chi connectivity index (χ1n) is 8.00. The third kappa shape index (κ3) is 3.11. The van der Waals surface area contributed by atoms with Gasteiger partial charge in [-0.1, -0.05) is 12.1 Å². The number of anilines is 2. The summed E-state index contributed by atoms with van der Waals surface area (Å²) in [6.07, 6.45) is 2.32. The van der Waals surface area contributed by atoms with Crippen LogP contribution in [0.1, 0.15) is 12.8 Å². The summed E-state index contributed by atoms with van der Waals surface area (Å²) >= 11 is 0. The molecule has 0 bridgehead atoms. The summed E-state index contributed by atoms with van der Waals surface area (Å²) in [5.74, 6) is -0.0114. The van der Waals surface area contributed by atoms with Gasteiger partial charge in [0, 0.05) is 50.2 Å². The Morgan fingerprint density at radius 3 is 2.26 bits per heavy atom. The molecule has 1 aliphatic heterocycles. The van der Waals surface area contributed by atoms with Gasteiger partial charge in [-0.2, -0.15) is 0 Å². The molecule has 3 rings (SSSR count). The number of benzene rings is 2. The van der Waals surface area contributed by atoms with Gasteiger partial charge in [-0.3, -0.25) is 0 Å². The van der Waals surface area contributed by atoms with Crippen LogP contribution in [0.15, 0.2) is 36.4 Å². The van der Waals surface area contributed by atoms with Gasteiger partial charge < -0.3 is 14.5 Å². The van der Waals surface area contributed by atoms with E-state index in [4.69, 9.17) is 4.74 Å². The fraction of sp³-hybridized carbons (Fsp3) is 0.368. The van der Waals surface area contributed by atoms with Crippen molar-refractivity contribution in [2.75, 3.05) is 44.1 Å². The monoisotopic (exact) mass is 314 g/mol. The summed E-state index contributed by atoms with van der Waals surface area (Å²) in [5, 5.41) is 0. The van der Waals surface area contributed by atoms with Crippen molar-refractivity contribution in [3.05, 3.63) is 42.2 Å². The molecule has 2 aromatic rings. The number of rotatable bonds is 4. The molecule has 1 fully saturated rings. The van der Waals surface area contributed by atoms with E-state index < -0.39 is 0 Å². The van der Waals surface area contributed by atoms with E-state index in [2.05, 4.69) is 34.1 Å². The number of halogens is 1. The number of hydrogen-bond acceptors (Lipinski definition) is 3. The van der Waals surface area contributed by atoms with Crippen LogP contribution in [0.4, 0.5) is 15.8 Å². The molecule has 0 radical (unpaired) electrons. The van der Waals surface area contributed by atoms with E-state index in [1.54, 1.807) is 6.07 Å². The Labute approximate surface area is 137 Å². The van der Waals surface area contributed by atoms with E-state index in [9.17, 15) is 4.39 Å². The molecule has 0 unspecified atom stereocenters. The summed E-state index contributed by atoms with van der Waals surface area (Å²) in [6, 6.07) is 11.8. The second-order valence-corrected chi connectivity index (χ2v) is 6.14. The zero-order valence-electron chi connectivity index (χ0n) is 14.0. The predicted molar refractivity (Wildman–Crippen MR) is 94.2 cm³/mol. The zero-order valence-corrected chi connectivity index (χ0v) is 14.0. The topological polar surface area (TPSA) is 15.7 Å². The van der Waals surface area contributed by atoms with Gasteiger partial charge in [0.2, 0.25) is 0 Å². The van der Waals surface area contributed by atoms with E-state index in [0.717, 1.165) is 48.4 Å². The van der Waals surface area contributed by atoms with Crippen molar-refractivity contribution in [3.8, 4) is 16.9 Å². The third-order valence-corrected chi connectivity index (χ3v) is 4.41. The Hall–Kier alpha value is -2.23. The van der Waals surface area contributed by atoms with Gasteiger partial charge in [-0.25, -0.2) is 4.39 Å². The number of methoxy groups -OCH3 is 1. The van der Waals surface area contributed by atoms with E-state index >= 15 is 0 Å². The summed E-state index contributed by atoms with van der Waals surface area (Å²) < 4.78 is 19.4. The molecule has 1 aliphatic rings. The third-order valence-electron chi connectivity index (χ3n) is 4.41. The van der Waals surface area contributed by atoms with Gasteiger partial charge in [-0.05, 0) is 36.6 Å². The first kappa shape index (κ1) is 15.7. The summed E-state index contributed by atoms with van der Waals surface area (Å²) in [4.78, 5) is 4.33. The Morgan fingerprint density at radius 1 is 1.04 bits per heavy atom. The van der Waals surface area contributed by atoms with Gasteiger partial charge in [0.05, 0.1) is 7.11 Å². The van der Waals surface area contributed by atoms with Gasteiger partial charge in [0.1, 0.15) is 0 Å². The number of ether oxygens (including phenoxy) is 1. The maximum absolute atomic E-state index is 14.2. The van der Waals surface area contributed by atoms with Crippen molar-refractivity contribution in [1.29, 1.82) is 0 Å². The first-order chi connectivity index (χ1) is 11.1. The predicted octanol–water partition coefficient (Wildman–Crippen LogP) is 4.17. The lowest BCUT2D eigenvalue weighted by Crippen LogP contribution is -2.18. The maximum Gasteiger partial charge on any atom is 0.167 e. The van der Waals surface area contributed by atoms with Crippen molar-refractivity contribution in [2.45, 2.75) is 12.8 Å². The zero-order chi connectivity index (χ0) is 16.4. The molecule has 1 saturated heterocycles. The van der Waals surface area contributed by atoms with Crippen molar-refractivity contribution in [2.24, 2.45) is 0 Å². The van der Waals surface area contributed by atoms with Crippen molar-refractivity contribution in [1.82, 2.24) is 0 Å². The van der Waals surface area contributed by atoms with E-state index in [1.165, 1.54) is 7.11 Å². The van der Waals surface area contributed by atoms with Crippen LogP contribution in [-0.4, -0.2) is 34.3 Å². The van der Waals surface area contributed by atoms with Crippen LogP contribution < -0.4 is 14.5 Å². The SMILES string of the molecule is COc1cc(-c2ccc(N(C)C)cc2)c(N2CCCC2)cc1F.